The third-order valence-corrected chi connectivity index (χ3v) is 5.07. The number of aromatic nitrogens is 2. The molecule has 2 N–H and O–H groups in total. The smallest absolute Gasteiger partial charge is 0.255 e. The first-order valence-corrected chi connectivity index (χ1v) is 8.01. The van der Waals surface area contributed by atoms with Crippen LogP contribution in [0.5, 0.6) is 0 Å². The number of carbonyl (C=O) groups excluding carboxylic acids is 1. The number of hydrogen-bond donors (Lipinski definition) is 1. The third-order valence-electron chi connectivity index (χ3n) is 4.00. The summed E-state index contributed by atoms with van der Waals surface area (Å²) in [6.45, 7) is 2.05. The summed E-state index contributed by atoms with van der Waals surface area (Å²) >= 11 is 1.41. The number of carbonyl (C=O) groups is 1. The largest absolute Gasteiger partial charge is 0.365 e. The van der Waals surface area contributed by atoms with Crippen molar-refractivity contribution < 1.29 is 4.79 Å². The van der Waals surface area contributed by atoms with Crippen molar-refractivity contribution in [3.63, 3.8) is 0 Å². The Labute approximate surface area is 126 Å². The Bertz CT molecular complexity index is 758. The number of pyridine rings is 1. The minimum atomic E-state index is -0.381. The van der Waals surface area contributed by atoms with Gasteiger partial charge >= 0.3 is 0 Å². The van der Waals surface area contributed by atoms with E-state index in [1.165, 1.54) is 31.0 Å². The number of primary amides is 1. The number of anilines is 1. The second-order valence-electron chi connectivity index (χ2n) is 5.40. The van der Waals surface area contributed by atoms with Crippen LogP contribution in [0.2, 0.25) is 0 Å². The summed E-state index contributed by atoms with van der Waals surface area (Å²) in [6.07, 6.45) is 5.55. The summed E-state index contributed by atoms with van der Waals surface area (Å²) < 4.78 is 2.11. The Balaban J connectivity index is 1.92. The van der Waals surface area contributed by atoms with Crippen LogP contribution in [-0.4, -0.2) is 28.4 Å². The SMILES string of the molecule is NC(=O)C1=Cc2c(N3CCCCC3)nc3cccc(n23)S1. The fraction of sp³-hybridized carbons (Fsp3) is 0.333. The fourth-order valence-electron chi connectivity index (χ4n) is 3.01. The number of imidazole rings is 1. The average molecular weight is 300 g/mol. The molecule has 2 aliphatic heterocycles. The van der Waals surface area contributed by atoms with Crippen LogP contribution in [-0.2, 0) is 4.79 Å². The molecule has 2 aromatic rings. The summed E-state index contributed by atoms with van der Waals surface area (Å²) in [4.78, 5) is 19.3. The van der Waals surface area contributed by atoms with E-state index in [1.807, 2.05) is 24.3 Å². The van der Waals surface area contributed by atoms with Gasteiger partial charge < -0.3 is 10.6 Å². The molecule has 2 aromatic heterocycles. The zero-order valence-electron chi connectivity index (χ0n) is 11.6. The summed E-state index contributed by atoms with van der Waals surface area (Å²) in [5.41, 5.74) is 7.39. The average Bonchev–Trinajstić information content (AvgIpc) is 2.89. The van der Waals surface area contributed by atoms with Crippen molar-refractivity contribution in [3.05, 3.63) is 28.8 Å². The zero-order valence-corrected chi connectivity index (χ0v) is 12.4. The Morgan fingerprint density at radius 1 is 1.24 bits per heavy atom. The van der Waals surface area contributed by atoms with Crippen LogP contribution in [0.25, 0.3) is 11.7 Å². The van der Waals surface area contributed by atoms with Crippen molar-refractivity contribution in [2.45, 2.75) is 24.3 Å². The molecule has 1 amide bonds. The summed E-state index contributed by atoms with van der Waals surface area (Å²) in [6, 6.07) is 5.97. The first-order chi connectivity index (χ1) is 10.2. The molecule has 1 saturated heterocycles. The first kappa shape index (κ1) is 12.8. The van der Waals surface area contributed by atoms with Crippen molar-refractivity contribution in [3.8, 4) is 0 Å². The minimum absolute atomic E-state index is 0.381. The molecule has 0 bridgehead atoms. The third kappa shape index (κ3) is 2.01. The molecule has 0 aromatic carbocycles. The Hall–Kier alpha value is -1.95. The van der Waals surface area contributed by atoms with E-state index < -0.39 is 0 Å². The monoisotopic (exact) mass is 300 g/mol. The molecule has 4 heterocycles. The molecule has 5 nitrogen and oxygen atoms in total. The van der Waals surface area contributed by atoms with E-state index in [0.717, 1.165) is 35.3 Å². The van der Waals surface area contributed by atoms with E-state index >= 15 is 0 Å². The molecule has 0 aliphatic carbocycles. The highest BCUT2D eigenvalue weighted by atomic mass is 32.2. The second-order valence-corrected chi connectivity index (χ2v) is 6.46. The van der Waals surface area contributed by atoms with Crippen LogP contribution in [0.15, 0.2) is 28.1 Å². The molecular formula is C15H16N4OS. The number of rotatable bonds is 2. The van der Waals surface area contributed by atoms with Crippen molar-refractivity contribution in [1.82, 2.24) is 9.38 Å². The molecule has 0 radical (unpaired) electrons. The summed E-state index contributed by atoms with van der Waals surface area (Å²) in [5, 5.41) is 0.995. The predicted octanol–water partition coefficient (Wildman–Crippen LogP) is 2.26. The number of hydrogen-bond acceptors (Lipinski definition) is 4. The summed E-state index contributed by atoms with van der Waals surface area (Å²) in [5.74, 6) is 0.593. The molecule has 2 aliphatic rings. The van der Waals surface area contributed by atoms with E-state index in [9.17, 15) is 4.79 Å². The van der Waals surface area contributed by atoms with Crippen molar-refractivity contribution >= 4 is 35.2 Å². The van der Waals surface area contributed by atoms with Gasteiger partial charge in [0.05, 0.1) is 15.6 Å². The van der Waals surface area contributed by atoms with Gasteiger partial charge in [0.1, 0.15) is 5.65 Å². The Kier molecular flexibility index (Phi) is 2.92. The first-order valence-electron chi connectivity index (χ1n) is 7.20. The highest BCUT2D eigenvalue weighted by molar-refractivity contribution is 8.04. The quantitative estimate of drug-likeness (QED) is 0.924. The van der Waals surface area contributed by atoms with Crippen LogP contribution < -0.4 is 10.6 Å². The van der Waals surface area contributed by atoms with E-state index in [-0.39, 0.29) is 5.91 Å². The number of amides is 1. The predicted molar refractivity (Wildman–Crippen MR) is 84.3 cm³/mol. The fourth-order valence-corrected chi connectivity index (χ4v) is 3.93. The van der Waals surface area contributed by atoms with Crippen molar-refractivity contribution in [1.29, 1.82) is 0 Å². The van der Waals surface area contributed by atoms with Gasteiger partial charge in [0.15, 0.2) is 5.82 Å². The highest BCUT2D eigenvalue weighted by Gasteiger charge is 2.25. The van der Waals surface area contributed by atoms with Crippen LogP contribution >= 0.6 is 11.8 Å². The number of nitrogens with two attached hydrogens (primary N) is 1. The van der Waals surface area contributed by atoms with Crippen LogP contribution in [0.3, 0.4) is 0 Å². The van der Waals surface area contributed by atoms with Crippen molar-refractivity contribution in [2.75, 3.05) is 18.0 Å². The Morgan fingerprint density at radius 2 is 2.05 bits per heavy atom. The molecule has 0 spiro atoms. The van der Waals surface area contributed by atoms with Gasteiger partial charge in [0.25, 0.3) is 5.91 Å². The standard InChI is InChI=1S/C15H16N4OS/c16-14(20)11-9-10-15(18-7-2-1-3-8-18)17-12-5-4-6-13(21-11)19(10)12/h4-6,9H,1-3,7-8H2,(H2,16,20). The maximum Gasteiger partial charge on any atom is 0.255 e. The highest BCUT2D eigenvalue weighted by Crippen LogP contribution is 2.38. The van der Waals surface area contributed by atoms with Crippen LogP contribution in [0.1, 0.15) is 25.0 Å². The maximum atomic E-state index is 11.6. The molecule has 0 atom stereocenters. The van der Waals surface area contributed by atoms with Gasteiger partial charge in [-0.3, -0.25) is 9.20 Å². The van der Waals surface area contributed by atoms with E-state index in [0.29, 0.717) is 4.91 Å². The van der Waals surface area contributed by atoms with Crippen molar-refractivity contribution in [2.24, 2.45) is 5.73 Å². The normalized spacial score (nSPS) is 17.9. The topological polar surface area (TPSA) is 63.6 Å². The van der Waals surface area contributed by atoms with E-state index in [4.69, 9.17) is 10.7 Å². The molecule has 0 unspecified atom stereocenters. The number of piperidine rings is 1. The zero-order chi connectivity index (χ0) is 14.4. The second kappa shape index (κ2) is 4.80. The molecule has 6 heteroatoms. The molecule has 0 saturated carbocycles. The maximum absolute atomic E-state index is 11.6. The van der Waals surface area contributed by atoms with Gasteiger partial charge in [-0.25, -0.2) is 4.98 Å². The lowest BCUT2D eigenvalue weighted by molar-refractivity contribution is -0.113. The van der Waals surface area contributed by atoms with Gasteiger partial charge in [0, 0.05) is 13.1 Å². The van der Waals surface area contributed by atoms with Gasteiger partial charge in [-0.05, 0) is 37.5 Å². The van der Waals surface area contributed by atoms with E-state index in [1.54, 1.807) is 0 Å². The van der Waals surface area contributed by atoms with Gasteiger partial charge in [-0.2, -0.15) is 0 Å². The van der Waals surface area contributed by atoms with Gasteiger partial charge in [-0.15, -0.1) is 0 Å². The Morgan fingerprint density at radius 3 is 2.81 bits per heavy atom. The number of nitrogens with zero attached hydrogens (tertiary/aromatic N) is 3. The lowest BCUT2D eigenvalue weighted by atomic mass is 10.1. The van der Waals surface area contributed by atoms with Gasteiger partial charge in [0.2, 0.25) is 0 Å². The molecule has 108 valence electrons. The molecular weight excluding hydrogens is 284 g/mol. The number of thioether (sulfide) groups is 1. The molecule has 21 heavy (non-hydrogen) atoms. The lowest BCUT2D eigenvalue weighted by Crippen LogP contribution is -2.30. The van der Waals surface area contributed by atoms with Crippen LogP contribution in [0, 0.1) is 0 Å². The molecule has 1 fully saturated rings. The summed E-state index contributed by atoms with van der Waals surface area (Å²) in [7, 11) is 0. The lowest BCUT2D eigenvalue weighted by Gasteiger charge is -2.27. The van der Waals surface area contributed by atoms with E-state index in [2.05, 4.69) is 9.30 Å². The van der Waals surface area contributed by atoms with Gasteiger partial charge in [-0.1, -0.05) is 17.8 Å². The molecule has 4 rings (SSSR count). The van der Waals surface area contributed by atoms with Crippen LogP contribution in [0.4, 0.5) is 5.82 Å². The minimum Gasteiger partial charge on any atom is -0.365 e.